The molecule has 0 spiro atoms. The van der Waals surface area contributed by atoms with E-state index in [2.05, 4.69) is 17.3 Å². The molecule has 0 saturated carbocycles. The first-order valence-corrected chi connectivity index (χ1v) is 8.20. The maximum atomic E-state index is 13.9. The lowest BCUT2D eigenvalue weighted by Crippen LogP contribution is -2.25. The zero-order valence-electron chi connectivity index (χ0n) is 12.6. The smallest absolute Gasteiger partial charge is 0.137 e. The first kappa shape index (κ1) is 14.6. The number of aryl methyl sites for hydroxylation is 2. The number of benzene rings is 1. The Labute approximate surface area is 128 Å². The Hall–Kier alpha value is -1.33. The van der Waals surface area contributed by atoms with Crippen LogP contribution < -0.4 is 5.32 Å². The van der Waals surface area contributed by atoms with E-state index >= 15 is 0 Å². The second-order valence-corrected chi connectivity index (χ2v) is 6.61. The summed E-state index contributed by atoms with van der Waals surface area (Å²) >= 11 is 1.62. The van der Waals surface area contributed by atoms with Crippen LogP contribution in [0.3, 0.4) is 0 Å². The quantitative estimate of drug-likeness (QED) is 0.941. The SMILES string of the molecule is Cc1nn(C)c(C)c1CNC1CCSc2c(F)cccc21. The highest BCUT2D eigenvalue weighted by atomic mass is 32.2. The van der Waals surface area contributed by atoms with Gasteiger partial charge < -0.3 is 5.32 Å². The van der Waals surface area contributed by atoms with Gasteiger partial charge in [0.25, 0.3) is 0 Å². The summed E-state index contributed by atoms with van der Waals surface area (Å²) in [6, 6.07) is 5.60. The summed E-state index contributed by atoms with van der Waals surface area (Å²) in [5.74, 6) is 0.856. The number of nitrogens with zero attached hydrogens (tertiary/aromatic N) is 2. The molecule has 1 aromatic carbocycles. The van der Waals surface area contributed by atoms with E-state index in [0.29, 0.717) is 0 Å². The second-order valence-electron chi connectivity index (χ2n) is 5.50. The average molecular weight is 305 g/mol. The summed E-state index contributed by atoms with van der Waals surface area (Å²) < 4.78 is 15.8. The van der Waals surface area contributed by atoms with Gasteiger partial charge in [-0.25, -0.2) is 4.39 Å². The van der Waals surface area contributed by atoms with Crippen molar-refractivity contribution in [3.05, 3.63) is 46.5 Å². The molecular weight excluding hydrogens is 285 g/mol. The molecule has 1 aliphatic rings. The minimum Gasteiger partial charge on any atom is -0.306 e. The van der Waals surface area contributed by atoms with E-state index < -0.39 is 0 Å². The number of aromatic nitrogens is 2. The first-order chi connectivity index (χ1) is 10.1. The van der Waals surface area contributed by atoms with Crippen molar-refractivity contribution in [1.29, 1.82) is 0 Å². The van der Waals surface area contributed by atoms with Gasteiger partial charge in [-0.2, -0.15) is 5.10 Å². The van der Waals surface area contributed by atoms with Crippen molar-refractivity contribution in [2.75, 3.05) is 5.75 Å². The van der Waals surface area contributed by atoms with Crippen molar-refractivity contribution in [1.82, 2.24) is 15.1 Å². The van der Waals surface area contributed by atoms with E-state index in [1.54, 1.807) is 23.9 Å². The summed E-state index contributed by atoms with van der Waals surface area (Å²) in [6.07, 6.45) is 1.03. The van der Waals surface area contributed by atoms with E-state index in [9.17, 15) is 4.39 Å². The van der Waals surface area contributed by atoms with Crippen LogP contribution in [0.15, 0.2) is 23.1 Å². The van der Waals surface area contributed by atoms with Crippen molar-refractivity contribution >= 4 is 11.8 Å². The van der Waals surface area contributed by atoms with E-state index in [-0.39, 0.29) is 11.9 Å². The molecule has 21 heavy (non-hydrogen) atoms. The minimum atomic E-state index is -0.0993. The second kappa shape index (κ2) is 5.81. The van der Waals surface area contributed by atoms with Gasteiger partial charge in [-0.3, -0.25) is 4.68 Å². The minimum absolute atomic E-state index is 0.0993. The molecule has 0 aliphatic carbocycles. The third kappa shape index (κ3) is 2.72. The van der Waals surface area contributed by atoms with Crippen LogP contribution in [0.4, 0.5) is 4.39 Å². The number of fused-ring (bicyclic) bond motifs is 1. The van der Waals surface area contributed by atoms with Crippen LogP contribution in [0, 0.1) is 19.7 Å². The van der Waals surface area contributed by atoms with Gasteiger partial charge >= 0.3 is 0 Å². The van der Waals surface area contributed by atoms with E-state index in [1.807, 2.05) is 24.7 Å². The molecule has 112 valence electrons. The maximum absolute atomic E-state index is 13.9. The monoisotopic (exact) mass is 305 g/mol. The molecule has 0 amide bonds. The standard InChI is InChI=1S/C16H20FN3S/c1-10-13(11(2)20(3)19-10)9-18-15-7-8-21-16-12(15)5-4-6-14(16)17/h4-6,15,18H,7-9H2,1-3H3. The Balaban J connectivity index is 1.80. The normalized spacial score (nSPS) is 17.8. The molecule has 1 N–H and O–H groups in total. The van der Waals surface area contributed by atoms with Gasteiger partial charge in [0.1, 0.15) is 5.82 Å². The molecule has 3 nitrogen and oxygen atoms in total. The lowest BCUT2D eigenvalue weighted by atomic mass is 10.0. The van der Waals surface area contributed by atoms with Crippen LogP contribution in [0.2, 0.25) is 0 Å². The van der Waals surface area contributed by atoms with Gasteiger partial charge in [-0.1, -0.05) is 12.1 Å². The van der Waals surface area contributed by atoms with E-state index in [0.717, 1.165) is 34.9 Å². The molecule has 1 aromatic heterocycles. The fourth-order valence-electron chi connectivity index (χ4n) is 2.90. The zero-order chi connectivity index (χ0) is 15.0. The first-order valence-electron chi connectivity index (χ1n) is 7.21. The van der Waals surface area contributed by atoms with Crippen molar-refractivity contribution < 1.29 is 4.39 Å². The van der Waals surface area contributed by atoms with E-state index in [1.165, 1.54) is 11.3 Å². The lowest BCUT2D eigenvalue weighted by Gasteiger charge is -2.26. The van der Waals surface area contributed by atoms with Crippen molar-refractivity contribution in [2.24, 2.45) is 7.05 Å². The fraction of sp³-hybridized carbons (Fsp3) is 0.438. The predicted molar refractivity (Wildman–Crippen MR) is 84.0 cm³/mol. The lowest BCUT2D eigenvalue weighted by molar-refractivity contribution is 0.495. The van der Waals surface area contributed by atoms with Crippen LogP contribution in [0.1, 0.15) is 35.0 Å². The number of nitrogens with one attached hydrogen (secondary N) is 1. The summed E-state index contributed by atoms with van der Waals surface area (Å²) in [6.45, 7) is 4.90. The molecule has 0 saturated heterocycles. The number of hydrogen-bond donors (Lipinski definition) is 1. The summed E-state index contributed by atoms with van der Waals surface area (Å²) in [4.78, 5) is 0.806. The molecular formula is C16H20FN3S. The van der Waals surface area contributed by atoms with Gasteiger partial charge in [0.15, 0.2) is 0 Å². The molecule has 5 heteroatoms. The fourth-order valence-corrected chi connectivity index (χ4v) is 4.04. The van der Waals surface area contributed by atoms with Crippen molar-refractivity contribution in [3.63, 3.8) is 0 Å². The molecule has 1 atom stereocenters. The molecule has 2 aromatic rings. The third-order valence-electron chi connectivity index (χ3n) is 4.21. The van der Waals surface area contributed by atoms with Crippen LogP contribution in [-0.2, 0) is 13.6 Å². The molecule has 0 radical (unpaired) electrons. The van der Waals surface area contributed by atoms with Gasteiger partial charge in [-0.05, 0) is 37.7 Å². The van der Waals surface area contributed by atoms with Gasteiger partial charge in [0, 0.05) is 35.8 Å². The number of thioether (sulfide) groups is 1. The number of rotatable bonds is 3. The average Bonchev–Trinajstić information content (AvgIpc) is 2.71. The molecule has 2 heterocycles. The molecule has 0 fully saturated rings. The maximum Gasteiger partial charge on any atom is 0.137 e. The Morgan fingerprint density at radius 1 is 1.43 bits per heavy atom. The topological polar surface area (TPSA) is 29.9 Å². The van der Waals surface area contributed by atoms with Crippen LogP contribution in [0.5, 0.6) is 0 Å². The summed E-state index contributed by atoms with van der Waals surface area (Å²) in [5, 5.41) is 8.03. The van der Waals surface area contributed by atoms with Crippen LogP contribution in [-0.4, -0.2) is 15.5 Å². The van der Waals surface area contributed by atoms with Crippen molar-refractivity contribution in [3.8, 4) is 0 Å². The van der Waals surface area contributed by atoms with Crippen molar-refractivity contribution in [2.45, 2.75) is 37.8 Å². The number of hydrogen-bond acceptors (Lipinski definition) is 3. The van der Waals surface area contributed by atoms with E-state index in [4.69, 9.17) is 0 Å². The summed E-state index contributed by atoms with van der Waals surface area (Å²) in [5.41, 5.74) is 4.58. The largest absolute Gasteiger partial charge is 0.306 e. The predicted octanol–water partition coefficient (Wildman–Crippen LogP) is 3.50. The Bertz CT molecular complexity index is 666. The summed E-state index contributed by atoms with van der Waals surface area (Å²) in [7, 11) is 1.97. The Morgan fingerprint density at radius 2 is 2.24 bits per heavy atom. The van der Waals surface area contributed by atoms with Crippen LogP contribution in [0.25, 0.3) is 0 Å². The highest BCUT2D eigenvalue weighted by Gasteiger charge is 2.23. The molecule has 3 rings (SSSR count). The highest BCUT2D eigenvalue weighted by molar-refractivity contribution is 7.99. The Kier molecular flexibility index (Phi) is 4.04. The van der Waals surface area contributed by atoms with Gasteiger partial charge in [0.2, 0.25) is 0 Å². The Morgan fingerprint density at radius 3 is 2.95 bits per heavy atom. The third-order valence-corrected chi connectivity index (χ3v) is 5.37. The molecule has 0 bridgehead atoms. The van der Waals surface area contributed by atoms with Crippen LogP contribution >= 0.6 is 11.8 Å². The van der Waals surface area contributed by atoms with Gasteiger partial charge in [-0.15, -0.1) is 11.8 Å². The molecule has 1 aliphatic heterocycles. The molecule has 1 unspecified atom stereocenters. The zero-order valence-corrected chi connectivity index (χ0v) is 13.4. The number of halogens is 1. The van der Waals surface area contributed by atoms with Gasteiger partial charge in [0.05, 0.1) is 5.69 Å². The highest BCUT2D eigenvalue weighted by Crippen LogP contribution is 2.37.